The molecule has 1 saturated heterocycles. The molecule has 2 aromatic carbocycles. The van der Waals surface area contributed by atoms with E-state index in [1.807, 2.05) is 24.3 Å². The topological polar surface area (TPSA) is 81.4 Å². The Morgan fingerprint density at radius 3 is 2.30 bits per heavy atom. The zero-order valence-corrected chi connectivity index (χ0v) is 17.4. The van der Waals surface area contributed by atoms with Crippen LogP contribution >= 0.6 is 0 Å². The maximum atomic E-state index is 13.0. The standard InChI is InChI=1S/C24H24N2O3S/c25-16-22-24(20-14-12-19(13-15-20)11-10-18-6-4-5-7-18)23(17-27)26(22)30(28,29)21-8-2-1-3-9-21/h1-3,8-9,12-15,18,22-24,27H,4-7,17H2/t22-,23+,24-/m0/s1. The molecule has 0 bridgehead atoms. The molecule has 1 heterocycles. The Morgan fingerprint density at radius 1 is 1.03 bits per heavy atom. The van der Waals surface area contributed by atoms with Crippen LogP contribution in [0, 0.1) is 29.1 Å². The van der Waals surface area contributed by atoms with Crippen LogP contribution in [0.4, 0.5) is 0 Å². The second-order valence-electron chi connectivity index (χ2n) is 7.87. The summed E-state index contributed by atoms with van der Waals surface area (Å²) >= 11 is 0. The van der Waals surface area contributed by atoms with E-state index < -0.39 is 22.1 Å². The molecule has 30 heavy (non-hydrogen) atoms. The minimum atomic E-state index is -3.86. The van der Waals surface area contributed by atoms with Gasteiger partial charge in [0.15, 0.2) is 0 Å². The molecule has 0 radical (unpaired) electrons. The van der Waals surface area contributed by atoms with Gasteiger partial charge in [-0.1, -0.05) is 55.0 Å². The summed E-state index contributed by atoms with van der Waals surface area (Å²) in [7, 11) is -3.86. The molecule has 1 N–H and O–H groups in total. The van der Waals surface area contributed by atoms with E-state index >= 15 is 0 Å². The number of hydrogen-bond donors (Lipinski definition) is 1. The second-order valence-corrected chi connectivity index (χ2v) is 9.71. The summed E-state index contributed by atoms with van der Waals surface area (Å²) in [5.74, 6) is 6.65. The fourth-order valence-corrected chi connectivity index (χ4v) is 6.23. The number of hydrogen-bond acceptors (Lipinski definition) is 4. The van der Waals surface area contributed by atoms with Gasteiger partial charge in [-0.3, -0.25) is 0 Å². The van der Waals surface area contributed by atoms with E-state index in [0.717, 1.165) is 15.4 Å². The van der Waals surface area contributed by atoms with Gasteiger partial charge in [-0.2, -0.15) is 9.57 Å². The molecule has 4 rings (SSSR count). The van der Waals surface area contributed by atoms with Crippen molar-refractivity contribution in [2.24, 2.45) is 5.92 Å². The van der Waals surface area contributed by atoms with Crippen molar-refractivity contribution in [2.75, 3.05) is 6.61 Å². The lowest BCUT2D eigenvalue weighted by atomic mass is 9.78. The average molecular weight is 421 g/mol. The third-order valence-electron chi connectivity index (χ3n) is 6.07. The molecule has 3 atom stereocenters. The van der Waals surface area contributed by atoms with Crippen LogP contribution < -0.4 is 0 Å². The molecule has 2 aromatic rings. The summed E-state index contributed by atoms with van der Waals surface area (Å²) in [5, 5.41) is 19.6. The molecule has 154 valence electrons. The third-order valence-corrected chi connectivity index (χ3v) is 7.99. The molecule has 1 aliphatic heterocycles. The summed E-state index contributed by atoms with van der Waals surface area (Å²) in [6.07, 6.45) is 4.84. The van der Waals surface area contributed by atoms with Gasteiger partial charge in [0, 0.05) is 17.4 Å². The third kappa shape index (κ3) is 3.75. The van der Waals surface area contributed by atoms with Gasteiger partial charge >= 0.3 is 0 Å². The van der Waals surface area contributed by atoms with Crippen molar-refractivity contribution in [3.8, 4) is 17.9 Å². The van der Waals surface area contributed by atoms with Crippen molar-refractivity contribution in [1.82, 2.24) is 4.31 Å². The van der Waals surface area contributed by atoms with E-state index in [1.165, 1.54) is 37.8 Å². The van der Waals surface area contributed by atoms with E-state index in [0.29, 0.717) is 5.92 Å². The zero-order valence-electron chi connectivity index (χ0n) is 16.6. The monoisotopic (exact) mass is 420 g/mol. The number of benzene rings is 2. The highest BCUT2D eigenvalue weighted by Gasteiger charge is 2.55. The maximum Gasteiger partial charge on any atom is 0.244 e. The molecule has 0 aromatic heterocycles. The number of rotatable bonds is 4. The Balaban J connectivity index is 1.57. The highest BCUT2D eigenvalue weighted by Crippen LogP contribution is 2.43. The predicted octanol–water partition coefficient (Wildman–Crippen LogP) is 3.27. The first-order chi connectivity index (χ1) is 14.6. The average Bonchev–Trinajstić information content (AvgIpc) is 3.27. The molecule has 6 heteroatoms. The number of sulfonamides is 1. The minimum absolute atomic E-state index is 0.125. The van der Waals surface area contributed by atoms with Crippen LogP contribution in [0.25, 0.3) is 0 Å². The van der Waals surface area contributed by atoms with Crippen molar-refractivity contribution < 1.29 is 13.5 Å². The van der Waals surface area contributed by atoms with Gasteiger partial charge in [0.2, 0.25) is 10.0 Å². The highest BCUT2D eigenvalue weighted by atomic mass is 32.2. The van der Waals surface area contributed by atoms with Gasteiger partial charge < -0.3 is 5.11 Å². The minimum Gasteiger partial charge on any atom is -0.395 e. The van der Waals surface area contributed by atoms with Gasteiger partial charge in [0.1, 0.15) is 6.04 Å². The summed E-state index contributed by atoms with van der Waals surface area (Å²) in [6, 6.07) is 16.2. The first kappa shape index (κ1) is 20.6. The molecule has 2 aliphatic rings. The van der Waals surface area contributed by atoms with Gasteiger partial charge in [0.05, 0.1) is 23.6 Å². The number of nitriles is 1. The summed E-state index contributed by atoms with van der Waals surface area (Å²) in [6.45, 7) is -0.349. The van der Waals surface area contributed by atoms with Gasteiger partial charge in [0.25, 0.3) is 0 Å². The van der Waals surface area contributed by atoms with Gasteiger partial charge in [-0.15, -0.1) is 0 Å². The number of aliphatic hydroxyl groups is 1. The Kier molecular flexibility index (Phi) is 5.92. The first-order valence-electron chi connectivity index (χ1n) is 10.3. The Labute approximate surface area is 178 Å². The summed E-state index contributed by atoms with van der Waals surface area (Å²) < 4.78 is 27.2. The van der Waals surface area contributed by atoms with Crippen LogP contribution in [-0.4, -0.2) is 36.5 Å². The largest absolute Gasteiger partial charge is 0.395 e. The molecule has 0 amide bonds. The SMILES string of the molecule is N#C[C@H]1[C@H](c2ccc(C#CC3CCCC3)cc2)[C@@H](CO)N1S(=O)(=O)c1ccccc1. The Hall–Kier alpha value is -2.64. The number of aliphatic hydroxyl groups excluding tert-OH is 1. The normalized spacial score (nSPS) is 24.5. The zero-order chi connectivity index (χ0) is 21.1. The van der Waals surface area contributed by atoms with Crippen LogP contribution in [0.3, 0.4) is 0 Å². The van der Waals surface area contributed by atoms with Crippen molar-refractivity contribution in [3.05, 3.63) is 65.7 Å². The van der Waals surface area contributed by atoms with E-state index in [4.69, 9.17) is 0 Å². The molecular formula is C24H24N2O3S. The van der Waals surface area contributed by atoms with Crippen LogP contribution in [-0.2, 0) is 10.0 Å². The smallest absolute Gasteiger partial charge is 0.244 e. The second kappa shape index (κ2) is 8.62. The van der Waals surface area contributed by atoms with E-state index in [9.17, 15) is 18.8 Å². The Bertz CT molecular complexity index is 1090. The van der Waals surface area contributed by atoms with Crippen LogP contribution in [0.2, 0.25) is 0 Å². The highest BCUT2D eigenvalue weighted by molar-refractivity contribution is 7.89. The Morgan fingerprint density at radius 2 is 1.70 bits per heavy atom. The fraction of sp³-hybridized carbons (Fsp3) is 0.375. The maximum absolute atomic E-state index is 13.0. The van der Waals surface area contributed by atoms with E-state index in [2.05, 4.69) is 17.9 Å². The first-order valence-corrected chi connectivity index (χ1v) is 11.7. The lowest BCUT2D eigenvalue weighted by Gasteiger charge is -2.50. The molecule has 1 aliphatic carbocycles. The summed E-state index contributed by atoms with van der Waals surface area (Å²) in [5.41, 5.74) is 1.75. The van der Waals surface area contributed by atoms with Crippen LogP contribution in [0.1, 0.15) is 42.7 Å². The van der Waals surface area contributed by atoms with Crippen molar-refractivity contribution in [2.45, 2.75) is 48.6 Å². The van der Waals surface area contributed by atoms with Crippen molar-refractivity contribution >= 4 is 10.0 Å². The van der Waals surface area contributed by atoms with Gasteiger partial charge in [-0.25, -0.2) is 8.42 Å². The van der Waals surface area contributed by atoms with Crippen LogP contribution in [0.5, 0.6) is 0 Å². The van der Waals surface area contributed by atoms with Crippen molar-refractivity contribution in [3.63, 3.8) is 0 Å². The van der Waals surface area contributed by atoms with E-state index in [-0.39, 0.29) is 17.4 Å². The molecule has 0 spiro atoms. The number of nitrogens with zero attached hydrogens (tertiary/aromatic N) is 2. The van der Waals surface area contributed by atoms with E-state index in [1.54, 1.807) is 18.2 Å². The van der Waals surface area contributed by atoms with Crippen molar-refractivity contribution in [1.29, 1.82) is 5.26 Å². The van der Waals surface area contributed by atoms with Crippen LogP contribution in [0.15, 0.2) is 59.5 Å². The quantitative estimate of drug-likeness (QED) is 0.770. The van der Waals surface area contributed by atoms with Gasteiger partial charge in [-0.05, 0) is 42.7 Å². The molecule has 2 fully saturated rings. The molecule has 5 nitrogen and oxygen atoms in total. The predicted molar refractivity (Wildman–Crippen MR) is 114 cm³/mol. The summed E-state index contributed by atoms with van der Waals surface area (Å²) in [4.78, 5) is 0.125. The lowest BCUT2D eigenvalue weighted by molar-refractivity contribution is 0.0557. The fourth-order valence-electron chi connectivity index (χ4n) is 4.45. The molecule has 1 saturated carbocycles. The molecular weight excluding hydrogens is 396 g/mol. The lowest BCUT2D eigenvalue weighted by Crippen LogP contribution is -2.64. The molecule has 0 unspecified atom stereocenters.